The van der Waals surface area contributed by atoms with Crippen molar-refractivity contribution < 1.29 is 17.9 Å². The van der Waals surface area contributed by atoms with Crippen LogP contribution in [0.2, 0.25) is 0 Å². The van der Waals surface area contributed by atoms with Crippen LogP contribution in [0.3, 0.4) is 0 Å². The van der Waals surface area contributed by atoms with Crippen molar-refractivity contribution in [3.8, 4) is 5.75 Å². The second-order valence-electron chi connectivity index (χ2n) is 6.74. The average Bonchev–Trinajstić information content (AvgIpc) is 2.67. The first kappa shape index (κ1) is 21.3. The normalized spacial score (nSPS) is 11.6. The van der Waals surface area contributed by atoms with Crippen LogP contribution in [0, 0.1) is 0 Å². The van der Waals surface area contributed by atoms with E-state index in [1.165, 1.54) is 12.1 Å². The van der Waals surface area contributed by atoms with Gasteiger partial charge in [0, 0.05) is 11.7 Å². The standard InChI is InChI=1S/C21H21BrN2O4S/c1-14(2)24-29(26,27)17-10-8-16(9-11-17)23-20(25)13-28-19-12-7-15-5-3-4-6-18(15)21(19)22/h3-12,14,24H,13H2,1-2H3,(H,23,25). The van der Waals surface area contributed by atoms with Gasteiger partial charge in [-0.25, -0.2) is 13.1 Å². The summed E-state index contributed by atoms with van der Waals surface area (Å²) in [5.41, 5.74) is 0.486. The third-order valence-electron chi connectivity index (χ3n) is 4.03. The molecule has 0 aliphatic carbocycles. The Kier molecular flexibility index (Phi) is 6.56. The Bertz CT molecular complexity index is 1130. The molecular formula is C21H21BrN2O4S. The topological polar surface area (TPSA) is 84.5 Å². The molecule has 8 heteroatoms. The molecule has 0 aliphatic rings. The summed E-state index contributed by atoms with van der Waals surface area (Å²) in [4.78, 5) is 12.3. The lowest BCUT2D eigenvalue weighted by Crippen LogP contribution is -2.30. The number of hydrogen-bond donors (Lipinski definition) is 2. The van der Waals surface area contributed by atoms with Gasteiger partial charge >= 0.3 is 0 Å². The third kappa shape index (κ3) is 5.35. The van der Waals surface area contributed by atoms with Crippen LogP contribution in [0.15, 0.2) is 70.0 Å². The van der Waals surface area contributed by atoms with E-state index in [1.807, 2.05) is 30.3 Å². The summed E-state index contributed by atoms with van der Waals surface area (Å²) in [6, 6.07) is 17.4. The van der Waals surface area contributed by atoms with Crippen LogP contribution >= 0.6 is 15.9 Å². The zero-order valence-electron chi connectivity index (χ0n) is 16.0. The van der Waals surface area contributed by atoms with Crippen LogP contribution in [0.4, 0.5) is 5.69 Å². The molecule has 0 fully saturated rings. The van der Waals surface area contributed by atoms with E-state index in [2.05, 4.69) is 26.0 Å². The number of nitrogens with one attached hydrogen (secondary N) is 2. The fourth-order valence-corrected chi connectivity index (χ4v) is 4.62. The highest BCUT2D eigenvalue weighted by Crippen LogP contribution is 2.33. The monoisotopic (exact) mass is 476 g/mol. The molecule has 3 rings (SSSR count). The SMILES string of the molecule is CC(C)NS(=O)(=O)c1ccc(NC(=O)COc2ccc3ccccc3c2Br)cc1. The molecule has 3 aromatic rings. The lowest BCUT2D eigenvalue weighted by Gasteiger charge is -2.12. The van der Waals surface area contributed by atoms with E-state index in [4.69, 9.17) is 4.74 Å². The summed E-state index contributed by atoms with van der Waals surface area (Å²) in [7, 11) is -3.57. The highest BCUT2D eigenvalue weighted by Gasteiger charge is 2.15. The van der Waals surface area contributed by atoms with Crippen LogP contribution in [0.5, 0.6) is 5.75 Å². The summed E-state index contributed by atoms with van der Waals surface area (Å²) in [5, 5.41) is 4.76. The number of anilines is 1. The average molecular weight is 477 g/mol. The van der Waals surface area contributed by atoms with Crippen molar-refractivity contribution in [3.05, 3.63) is 65.1 Å². The van der Waals surface area contributed by atoms with E-state index >= 15 is 0 Å². The van der Waals surface area contributed by atoms with E-state index in [0.717, 1.165) is 15.2 Å². The fraction of sp³-hybridized carbons (Fsp3) is 0.190. The molecule has 0 unspecified atom stereocenters. The molecule has 6 nitrogen and oxygen atoms in total. The van der Waals surface area contributed by atoms with Gasteiger partial charge in [-0.05, 0) is 70.9 Å². The predicted octanol–water partition coefficient (Wildman–Crippen LogP) is 4.31. The first-order chi connectivity index (χ1) is 13.8. The third-order valence-corrected chi connectivity index (χ3v) is 6.52. The summed E-state index contributed by atoms with van der Waals surface area (Å²) in [6.07, 6.45) is 0. The number of hydrogen-bond acceptors (Lipinski definition) is 4. The molecule has 0 saturated heterocycles. The van der Waals surface area contributed by atoms with Crippen LogP contribution in [-0.4, -0.2) is 27.0 Å². The Morgan fingerprint density at radius 1 is 1.03 bits per heavy atom. The Balaban J connectivity index is 1.62. The van der Waals surface area contributed by atoms with Crippen LogP contribution in [-0.2, 0) is 14.8 Å². The Labute approximate surface area is 178 Å². The number of sulfonamides is 1. The van der Waals surface area contributed by atoms with E-state index in [1.54, 1.807) is 32.0 Å². The van der Waals surface area contributed by atoms with Gasteiger partial charge in [-0.3, -0.25) is 4.79 Å². The summed E-state index contributed by atoms with van der Waals surface area (Å²) in [6.45, 7) is 3.33. The van der Waals surface area contributed by atoms with Crippen molar-refractivity contribution in [3.63, 3.8) is 0 Å². The fourth-order valence-electron chi connectivity index (χ4n) is 2.76. The summed E-state index contributed by atoms with van der Waals surface area (Å²) < 4.78 is 33.2. The first-order valence-corrected chi connectivity index (χ1v) is 11.3. The molecular weight excluding hydrogens is 456 g/mol. The molecule has 0 spiro atoms. The molecule has 29 heavy (non-hydrogen) atoms. The van der Waals surface area contributed by atoms with Gasteiger partial charge in [-0.15, -0.1) is 0 Å². The van der Waals surface area contributed by atoms with Gasteiger partial charge < -0.3 is 10.1 Å². The van der Waals surface area contributed by atoms with Crippen molar-refractivity contribution in [2.75, 3.05) is 11.9 Å². The molecule has 0 saturated carbocycles. The van der Waals surface area contributed by atoms with E-state index in [-0.39, 0.29) is 23.5 Å². The quantitative estimate of drug-likeness (QED) is 0.532. The molecule has 0 aliphatic heterocycles. The molecule has 2 N–H and O–H groups in total. The van der Waals surface area contributed by atoms with Gasteiger partial charge in [-0.2, -0.15) is 0 Å². The minimum absolute atomic E-state index is 0.139. The van der Waals surface area contributed by atoms with Crippen LogP contribution in [0.1, 0.15) is 13.8 Å². The molecule has 0 aromatic heterocycles. The van der Waals surface area contributed by atoms with Crippen molar-refractivity contribution in [1.29, 1.82) is 0 Å². The van der Waals surface area contributed by atoms with Crippen LogP contribution < -0.4 is 14.8 Å². The number of carbonyl (C=O) groups is 1. The highest BCUT2D eigenvalue weighted by molar-refractivity contribution is 9.10. The second-order valence-corrected chi connectivity index (χ2v) is 9.24. The molecule has 0 heterocycles. The van der Waals surface area contributed by atoms with Gasteiger partial charge in [0.05, 0.1) is 9.37 Å². The van der Waals surface area contributed by atoms with E-state index in [0.29, 0.717) is 11.4 Å². The lowest BCUT2D eigenvalue weighted by molar-refractivity contribution is -0.118. The molecule has 152 valence electrons. The highest BCUT2D eigenvalue weighted by atomic mass is 79.9. The molecule has 3 aromatic carbocycles. The molecule has 0 bridgehead atoms. The zero-order valence-corrected chi connectivity index (χ0v) is 18.4. The van der Waals surface area contributed by atoms with Gasteiger partial charge in [0.25, 0.3) is 5.91 Å². The van der Waals surface area contributed by atoms with Crippen molar-refractivity contribution in [2.24, 2.45) is 0 Å². The molecule has 0 atom stereocenters. The minimum Gasteiger partial charge on any atom is -0.483 e. The smallest absolute Gasteiger partial charge is 0.262 e. The largest absolute Gasteiger partial charge is 0.483 e. The van der Waals surface area contributed by atoms with Gasteiger partial charge in [0.1, 0.15) is 5.75 Å². The van der Waals surface area contributed by atoms with Gasteiger partial charge in [-0.1, -0.05) is 30.3 Å². The summed E-state index contributed by atoms with van der Waals surface area (Å²) >= 11 is 3.52. The molecule has 1 amide bonds. The zero-order chi connectivity index (χ0) is 21.0. The van der Waals surface area contributed by atoms with Crippen LogP contribution in [0.25, 0.3) is 10.8 Å². The second kappa shape index (κ2) is 8.94. The van der Waals surface area contributed by atoms with Crippen molar-refractivity contribution in [2.45, 2.75) is 24.8 Å². The number of halogens is 1. The maximum Gasteiger partial charge on any atom is 0.262 e. The van der Waals surface area contributed by atoms with E-state index < -0.39 is 10.0 Å². The van der Waals surface area contributed by atoms with E-state index in [9.17, 15) is 13.2 Å². The number of rotatable bonds is 7. The minimum atomic E-state index is -3.57. The van der Waals surface area contributed by atoms with Crippen molar-refractivity contribution in [1.82, 2.24) is 4.72 Å². The Hall–Kier alpha value is -2.42. The maximum atomic E-state index is 12.2. The molecule has 0 radical (unpaired) electrons. The number of ether oxygens (including phenoxy) is 1. The number of carbonyl (C=O) groups excluding carboxylic acids is 1. The number of fused-ring (bicyclic) bond motifs is 1. The van der Waals surface area contributed by atoms with Gasteiger partial charge in [0.2, 0.25) is 10.0 Å². The van der Waals surface area contributed by atoms with Gasteiger partial charge in [0.15, 0.2) is 6.61 Å². The Morgan fingerprint density at radius 2 is 1.72 bits per heavy atom. The lowest BCUT2D eigenvalue weighted by atomic mass is 10.1. The predicted molar refractivity (Wildman–Crippen MR) is 118 cm³/mol. The summed E-state index contributed by atoms with van der Waals surface area (Å²) in [5.74, 6) is 0.223. The number of benzene rings is 3. The number of amides is 1. The van der Waals surface area contributed by atoms with Crippen molar-refractivity contribution >= 4 is 48.3 Å². The Morgan fingerprint density at radius 3 is 2.41 bits per heavy atom. The first-order valence-electron chi connectivity index (χ1n) is 8.98. The maximum absolute atomic E-state index is 12.2.